The summed E-state index contributed by atoms with van der Waals surface area (Å²) in [6, 6.07) is 16.1. The van der Waals surface area contributed by atoms with E-state index < -0.39 is 0 Å². The molecule has 4 aliphatic rings. The summed E-state index contributed by atoms with van der Waals surface area (Å²) in [4.78, 5) is 0. The van der Waals surface area contributed by atoms with Gasteiger partial charge in [-0.15, -0.1) is 0 Å². The van der Waals surface area contributed by atoms with E-state index in [4.69, 9.17) is 4.74 Å². The van der Waals surface area contributed by atoms with Gasteiger partial charge >= 0.3 is 0 Å². The molecule has 0 aromatic heterocycles. The van der Waals surface area contributed by atoms with E-state index in [2.05, 4.69) is 49.4 Å². The van der Waals surface area contributed by atoms with E-state index in [0.29, 0.717) is 0 Å². The van der Waals surface area contributed by atoms with E-state index in [-0.39, 0.29) is 6.10 Å². The van der Waals surface area contributed by atoms with Crippen LogP contribution in [0.15, 0.2) is 42.5 Å². The van der Waals surface area contributed by atoms with E-state index in [0.717, 1.165) is 25.7 Å². The SMILES string of the molecule is CO[C@H](C)c1cc2ccc1CCc1ccc(cc1)CC2. The molecule has 0 saturated heterocycles. The van der Waals surface area contributed by atoms with E-state index in [9.17, 15) is 0 Å². The van der Waals surface area contributed by atoms with Crippen LogP contribution in [0.5, 0.6) is 0 Å². The van der Waals surface area contributed by atoms with Crippen LogP contribution in [0.4, 0.5) is 0 Å². The quantitative estimate of drug-likeness (QED) is 0.788. The summed E-state index contributed by atoms with van der Waals surface area (Å²) < 4.78 is 5.55. The standard InChI is InChI=1S/C19H22O/c1-14(20-2)19-13-17-8-7-15-3-5-16(6-4-15)9-11-18(19)12-10-17/h3-6,10,12-14H,7-9,11H2,1-2H3/t14-/m1/s1. The molecule has 2 aromatic carbocycles. The lowest BCUT2D eigenvalue weighted by molar-refractivity contribution is 0.118. The Morgan fingerprint density at radius 1 is 0.800 bits per heavy atom. The Morgan fingerprint density at radius 2 is 1.35 bits per heavy atom. The molecule has 0 heterocycles. The van der Waals surface area contributed by atoms with Crippen LogP contribution in [-0.4, -0.2) is 7.11 Å². The van der Waals surface area contributed by atoms with Crippen molar-refractivity contribution in [3.8, 4) is 0 Å². The molecule has 0 fully saturated rings. The maximum Gasteiger partial charge on any atom is 0.0795 e. The van der Waals surface area contributed by atoms with Crippen molar-refractivity contribution in [3.05, 3.63) is 70.3 Å². The predicted octanol–water partition coefficient (Wildman–Crippen LogP) is 4.28. The van der Waals surface area contributed by atoms with E-state index in [1.807, 2.05) is 0 Å². The first-order valence-corrected chi connectivity index (χ1v) is 7.48. The van der Waals surface area contributed by atoms with Gasteiger partial charge in [0.1, 0.15) is 0 Å². The van der Waals surface area contributed by atoms with Crippen LogP contribution >= 0.6 is 0 Å². The fourth-order valence-corrected chi connectivity index (χ4v) is 2.97. The Bertz CT molecular complexity index is 583. The van der Waals surface area contributed by atoms with Gasteiger partial charge in [0.15, 0.2) is 0 Å². The number of benzene rings is 2. The molecule has 4 aliphatic carbocycles. The van der Waals surface area contributed by atoms with Crippen LogP contribution in [0, 0.1) is 0 Å². The Kier molecular flexibility index (Phi) is 3.88. The van der Waals surface area contributed by atoms with Gasteiger partial charge in [0.05, 0.1) is 6.10 Å². The zero-order chi connectivity index (χ0) is 13.9. The van der Waals surface area contributed by atoms with Gasteiger partial charge in [-0.25, -0.2) is 0 Å². The maximum atomic E-state index is 5.55. The highest BCUT2D eigenvalue weighted by molar-refractivity contribution is 5.36. The molecule has 6 rings (SSSR count). The predicted molar refractivity (Wildman–Crippen MR) is 83.1 cm³/mol. The zero-order valence-electron chi connectivity index (χ0n) is 12.4. The molecule has 0 radical (unpaired) electrons. The Balaban J connectivity index is 1.99. The summed E-state index contributed by atoms with van der Waals surface area (Å²) in [6.45, 7) is 2.14. The van der Waals surface area contributed by atoms with Crippen molar-refractivity contribution in [1.82, 2.24) is 0 Å². The summed E-state index contributed by atoms with van der Waals surface area (Å²) in [5.74, 6) is 0. The first-order chi connectivity index (χ1) is 9.76. The fraction of sp³-hybridized carbons (Fsp3) is 0.368. The van der Waals surface area contributed by atoms with Crippen molar-refractivity contribution in [1.29, 1.82) is 0 Å². The number of methoxy groups -OCH3 is 1. The molecular formula is C19H22O. The highest BCUT2D eigenvalue weighted by Crippen LogP contribution is 2.25. The topological polar surface area (TPSA) is 9.23 Å². The van der Waals surface area contributed by atoms with Crippen molar-refractivity contribution in [2.75, 3.05) is 7.11 Å². The third kappa shape index (κ3) is 2.78. The highest BCUT2D eigenvalue weighted by Gasteiger charge is 2.12. The van der Waals surface area contributed by atoms with Gasteiger partial charge in [-0.3, -0.25) is 0 Å². The molecule has 20 heavy (non-hydrogen) atoms. The van der Waals surface area contributed by atoms with Crippen LogP contribution < -0.4 is 0 Å². The second-order valence-corrected chi connectivity index (χ2v) is 5.73. The number of rotatable bonds is 2. The maximum absolute atomic E-state index is 5.55. The van der Waals surface area contributed by atoms with Crippen LogP contribution in [0.3, 0.4) is 0 Å². The molecule has 0 N–H and O–H groups in total. The minimum absolute atomic E-state index is 0.175. The van der Waals surface area contributed by atoms with Crippen molar-refractivity contribution in [2.24, 2.45) is 0 Å². The lowest BCUT2D eigenvalue weighted by atomic mass is 9.91. The average Bonchev–Trinajstić information content (AvgIpc) is 2.49. The Hall–Kier alpha value is -1.60. The van der Waals surface area contributed by atoms with Gasteiger partial charge in [-0.1, -0.05) is 42.5 Å². The third-order valence-electron chi connectivity index (χ3n) is 4.41. The van der Waals surface area contributed by atoms with Crippen LogP contribution in [0.1, 0.15) is 40.8 Å². The van der Waals surface area contributed by atoms with Crippen LogP contribution in [0.2, 0.25) is 0 Å². The summed E-state index contributed by atoms with van der Waals surface area (Å²) in [5.41, 5.74) is 7.05. The molecule has 1 heteroatoms. The number of aryl methyl sites for hydroxylation is 4. The number of ether oxygens (including phenoxy) is 1. The highest BCUT2D eigenvalue weighted by atomic mass is 16.5. The molecule has 1 atom stereocenters. The first-order valence-electron chi connectivity index (χ1n) is 7.48. The van der Waals surface area contributed by atoms with Crippen molar-refractivity contribution in [2.45, 2.75) is 38.7 Å². The van der Waals surface area contributed by atoms with Gasteiger partial charge in [0.2, 0.25) is 0 Å². The lowest BCUT2D eigenvalue weighted by Crippen LogP contribution is -2.05. The fourth-order valence-electron chi connectivity index (χ4n) is 2.97. The van der Waals surface area contributed by atoms with Gasteiger partial charge in [0, 0.05) is 7.11 Å². The van der Waals surface area contributed by atoms with Crippen LogP contribution in [0.25, 0.3) is 0 Å². The van der Waals surface area contributed by atoms with Crippen LogP contribution in [-0.2, 0) is 30.4 Å². The molecule has 0 aliphatic heterocycles. The van der Waals surface area contributed by atoms with E-state index >= 15 is 0 Å². The Labute approximate surface area is 121 Å². The molecular weight excluding hydrogens is 244 g/mol. The largest absolute Gasteiger partial charge is 0.377 e. The summed E-state index contributed by atoms with van der Waals surface area (Å²) in [6.07, 6.45) is 4.57. The molecule has 0 spiro atoms. The minimum Gasteiger partial charge on any atom is -0.377 e. The van der Waals surface area contributed by atoms with Gasteiger partial charge < -0.3 is 4.74 Å². The van der Waals surface area contributed by atoms with Crippen molar-refractivity contribution < 1.29 is 4.74 Å². The molecule has 104 valence electrons. The monoisotopic (exact) mass is 266 g/mol. The second-order valence-electron chi connectivity index (χ2n) is 5.73. The van der Waals surface area contributed by atoms with Crippen molar-refractivity contribution in [3.63, 3.8) is 0 Å². The normalized spacial score (nSPS) is 15.7. The van der Waals surface area contributed by atoms with Gasteiger partial charge in [0.25, 0.3) is 0 Å². The van der Waals surface area contributed by atoms with Gasteiger partial charge in [-0.05, 0) is 60.4 Å². The summed E-state index contributed by atoms with van der Waals surface area (Å²) >= 11 is 0. The Morgan fingerprint density at radius 3 is 2.00 bits per heavy atom. The first kappa shape index (κ1) is 13.4. The molecule has 0 saturated carbocycles. The molecule has 1 nitrogen and oxygen atoms in total. The van der Waals surface area contributed by atoms with E-state index in [1.165, 1.54) is 27.8 Å². The smallest absolute Gasteiger partial charge is 0.0795 e. The average molecular weight is 266 g/mol. The number of hydrogen-bond donors (Lipinski definition) is 0. The van der Waals surface area contributed by atoms with Crippen molar-refractivity contribution >= 4 is 0 Å². The minimum atomic E-state index is 0.175. The molecule has 0 unspecified atom stereocenters. The second kappa shape index (κ2) is 5.80. The molecule has 2 aromatic rings. The third-order valence-corrected chi connectivity index (χ3v) is 4.41. The van der Waals surface area contributed by atoms with Gasteiger partial charge in [-0.2, -0.15) is 0 Å². The summed E-state index contributed by atoms with van der Waals surface area (Å²) in [5, 5.41) is 0. The summed E-state index contributed by atoms with van der Waals surface area (Å²) in [7, 11) is 1.79. The molecule has 4 bridgehead atoms. The van der Waals surface area contributed by atoms with E-state index in [1.54, 1.807) is 7.11 Å². The number of hydrogen-bond acceptors (Lipinski definition) is 1. The zero-order valence-corrected chi connectivity index (χ0v) is 12.4. The lowest BCUT2D eigenvalue weighted by Gasteiger charge is -2.18. The molecule has 0 amide bonds.